The van der Waals surface area contributed by atoms with Crippen LogP contribution in [0.15, 0.2) is 12.2 Å². The number of hydrogen-bond donors (Lipinski definition) is 2. The molecule has 0 unspecified atom stereocenters. The van der Waals surface area contributed by atoms with Gasteiger partial charge in [0, 0.05) is 6.42 Å². The van der Waals surface area contributed by atoms with Gasteiger partial charge < -0.3 is 5.11 Å². The van der Waals surface area contributed by atoms with Crippen molar-refractivity contribution in [2.75, 3.05) is 5.75 Å². The third-order valence-electron chi connectivity index (χ3n) is 3.95. The van der Waals surface area contributed by atoms with Crippen LogP contribution in [0.4, 0.5) is 0 Å². The maximum atomic E-state index is 10.5. The van der Waals surface area contributed by atoms with Gasteiger partial charge in [-0.15, -0.1) is 0 Å². The summed E-state index contributed by atoms with van der Waals surface area (Å²) >= 11 is 0. The Morgan fingerprint density at radius 3 is 1.58 bits per heavy atom. The van der Waals surface area contributed by atoms with Crippen molar-refractivity contribution < 1.29 is 22.9 Å². The van der Waals surface area contributed by atoms with Gasteiger partial charge >= 0.3 is 5.97 Å². The molecule has 0 aliphatic heterocycles. The number of rotatable bonds is 17. The van der Waals surface area contributed by atoms with E-state index in [2.05, 4.69) is 12.2 Å². The third-order valence-corrected chi connectivity index (χ3v) is 4.76. The predicted octanol–water partition coefficient (Wildman–Crippen LogP) is 4.98. The number of carboxylic acid groups (broad SMARTS) is 1. The van der Waals surface area contributed by atoms with Crippen molar-refractivity contribution in [1.82, 2.24) is 0 Å². The van der Waals surface area contributed by atoms with Gasteiger partial charge in [0.2, 0.25) is 0 Å². The Morgan fingerprint density at radius 2 is 1.12 bits per heavy atom. The Bertz CT molecular complexity index is 429. The van der Waals surface area contributed by atoms with E-state index in [1.807, 2.05) is 0 Å². The molecule has 0 saturated carbocycles. The second-order valence-electron chi connectivity index (χ2n) is 6.37. The first-order valence-corrected chi connectivity index (χ1v) is 10.8. The smallest absolute Gasteiger partial charge is 0.303 e. The summed E-state index contributed by atoms with van der Waals surface area (Å²) in [5.74, 6) is -0.814. The molecular formula is C18H34O5S. The van der Waals surface area contributed by atoms with Gasteiger partial charge in [0.15, 0.2) is 0 Å². The van der Waals surface area contributed by atoms with Crippen LogP contribution in [0.25, 0.3) is 0 Å². The van der Waals surface area contributed by atoms with Crippen molar-refractivity contribution in [3.63, 3.8) is 0 Å². The molecule has 2 N–H and O–H groups in total. The zero-order valence-electron chi connectivity index (χ0n) is 14.8. The van der Waals surface area contributed by atoms with Gasteiger partial charge in [0.25, 0.3) is 10.1 Å². The van der Waals surface area contributed by atoms with E-state index in [1.54, 1.807) is 0 Å². The maximum Gasteiger partial charge on any atom is 0.303 e. The lowest BCUT2D eigenvalue weighted by atomic mass is 10.1. The number of carbonyl (C=O) groups is 1. The number of hydrogen-bond acceptors (Lipinski definition) is 3. The van der Waals surface area contributed by atoms with Gasteiger partial charge in [0.1, 0.15) is 0 Å². The summed E-state index contributed by atoms with van der Waals surface area (Å²) in [6, 6.07) is 0. The largest absolute Gasteiger partial charge is 0.481 e. The van der Waals surface area contributed by atoms with Crippen molar-refractivity contribution in [3.8, 4) is 0 Å². The maximum absolute atomic E-state index is 10.5. The van der Waals surface area contributed by atoms with Crippen molar-refractivity contribution in [2.45, 2.75) is 89.9 Å². The SMILES string of the molecule is O=C(O)CCCCCCC/C=C/CCCCCCCCS(=O)(=O)O. The summed E-state index contributed by atoms with van der Waals surface area (Å²) < 4.78 is 29.7. The van der Waals surface area contributed by atoms with Gasteiger partial charge in [-0.3, -0.25) is 9.35 Å². The lowest BCUT2D eigenvalue weighted by molar-refractivity contribution is -0.137. The molecule has 0 atom stereocenters. The Balaban J connectivity index is 3.18. The van der Waals surface area contributed by atoms with E-state index in [0.717, 1.165) is 51.4 Å². The van der Waals surface area contributed by atoms with Crippen LogP contribution >= 0.6 is 0 Å². The lowest BCUT2D eigenvalue weighted by Gasteiger charge is -2.00. The van der Waals surface area contributed by atoms with Crippen LogP contribution in [0.5, 0.6) is 0 Å². The minimum absolute atomic E-state index is 0.116. The fourth-order valence-corrected chi connectivity index (χ4v) is 3.13. The molecular weight excluding hydrogens is 328 g/mol. The molecule has 142 valence electrons. The van der Waals surface area contributed by atoms with Gasteiger partial charge in [0.05, 0.1) is 5.75 Å². The molecule has 5 nitrogen and oxygen atoms in total. The highest BCUT2D eigenvalue weighted by Crippen LogP contribution is 2.10. The first-order chi connectivity index (χ1) is 11.4. The topological polar surface area (TPSA) is 91.7 Å². The van der Waals surface area contributed by atoms with Crippen molar-refractivity contribution >= 4 is 16.1 Å². The molecule has 6 heteroatoms. The molecule has 24 heavy (non-hydrogen) atoms. The molecule has 0 amide bonds. The molecule has 0 aromatic rings. The number of carboxylic acids is 1. The summed E-state index contributed by atoms with van der Waals surface area (Å²) in [6.45, 7) is 0. The van der Waals surface area contributed by atoms with Crippen LogP contribution in [-0.2, 0) is 14.9 Å². The van der Waals surface area contributed by atoms with Gasteiger partial charge in [-0.05, 0) is 38.5 Å². The van der Waals surface area contributed by atoms with Crippen LogP contribution in [0.2, 0.25) is 0 Å². The highest BCUT2D eigenvalue weighted by molar-refractivity contribution is 7.85. The second kappa shape index (κ2) is 15.6. The Kier molecular flexibility index (Phi) is 15.1. The van der Waals surface area contributed by atoms with E-state index in [4.69, 9.17) is 9.66 Å². The monoisotopic (exact) mass is 362 g/mol. The lowest BCUT2D eigenvalue weighted by Crippen LogP contribution is -2.03. The van der Waals surface area contributed by atoms with E-state index in [9.17, 15) is 13.2 Å². The van der Waals surface area contributed by atoms with Crippen LogP contribution in [-0.4, -0.2) is 29.8 Å². The van der Waals surface area contributed by atoms with Crippen LogP contribution in [0, 0.1) is 0 Å². The molecule has 0 bridgehead atoms. The number of aliphatic carboxylic acids is 1. The standard InChI is InChI=1S/C18H34O5S/c19-18(20)16-14-12-10-8-6-4-2-1-3-5-7-9-11-13-15-17-24(21,22)23/h1-2H,3-17H2,(H,19,20)(H,21,22,23)/b2-1+. The fraction of sp³-hybridized carbons (Fsp3) is 0.833. The summed E-state index contributed by atoms with van der Waals surface area (Å²) in [6.07, 6.45) is 18.2. The normalized spacial score (nSPS) is 12.0. The fourth-order valence-electron chi connectivity index (χ4n) is 2.56. The summed E-state index contributed by atoms with van der Waals surface area (Å²) in [4.78, 5) is 10.3. The summed E-state index contributed by atoms with van der Waals surface area (Å²) in [5, 5.41) is 8.52. The number of allylic oxidation sites excluding steroid dienone is 2. The van der Waals surface area contributed by atoms with E-state index < -0.39 is 16.1 Å². The quantitative estimate of drug-likeness (QED) is 0.216. The predicted molar refractivity (Wildman–Crippen MR) is 97.8 cm³/mol. The molecule has 0 saturated heterocycles. The molecule has 0 aliphatic rings. The average Bonchev–Trinajstić information content (AvgIpc) is 2.49. The molecule has 0 radical (unpaired) electrons. The molecule has 0 rings (SSSR count). The van der Waals surface area contributed by atoms with Gasteiger partial charge in [-0.2, -0.15) is 8.42 Å². The molecule has 0 heterocycles. The van der Waals surface area contributed by atoms with Crippen molar-refractivity contribution in [2.24, 2.45) is 0 Å². The second-order valence-corrected chi connectivity index (χ2v) is 7.94. The highest BCUT2D eigenvalue weighted by atomic mass is 32.2. The molecule has 0 aliphatic carbocycles. The Hall–Kier alpha value is -0.880. The minimum Gasteiger partial charge on any atom is -0.481 e. The minimum atomic E-state index is -3.78. The van der Waals surface area contributed by atoms with Gasteiger partial charge in [-0.1, -0.05) is 57.1 Å². The van der Waals surface area contributed by atoms with E-state index in [0.29, 0.717) is 12.8 Å². The van der Waals surface area contributed by atoms with Crippen LogP contribution < -0.4 is 0 Å². The highest BCUT2D eigenvalue weighted by Gasteiger charge is 2.02. The molecule has 0 spiro atoms. The first kappa shape index (κ1) is 23.1. The zero-order chi connectivity index (χ0) is 18.1. The van der Waals surface area contributed by atoms with E-state index in [-0.39, 0.29) is 5.75 Å². The first-order valence-electron chi connectivity index (χ1n) is 9.24. The van der Waals surface area contributed by atoms with Crippen molar-refractivity contribution in [3.05, 3.63) is 12.2 Å². The zero-order valence-corrected chi connectivity index (χ0v) is 15.6. The molecule has 0 aromatic heterocycles. The van der Waals surface area contributed by atoms with E-state index in [1.165, 1.54) is 25.7 Å². The molecule has 0 fully saturated rings. The van der Waals surface area contributed by atoms with Gasteiger partial charge in [-0.25, -0.2) is 0 Å². The summed E-state index contributed by atoms with van der Waals surface area (Å²) in [5.41, 5.74) is 0. The average molecular weight is 363 g/mol. The Labute approximate surface area is 147 Å². The third kappa shape index (κ3) is 21.1. The number of unbranched alkanes of at least 4 members (excludes halogenated alkanes) is 11. The van der Waals surface area contributed by atoms with Crippen molar-refractivity contribution in [1.29, 1.82) is 0 Å². The molecule has 0 aromatic carbocycles. The van der Waals surface area contributed by atoms with Crippen LogP contribution in [0.3, 0.4) is 0 Å². The summed E-state index contributed by atoms with van der Waals surface area (Å²) in [7, 11) is -3.78. The Morgan fingerprint density at radius 1 is 0.708 bits per heavy atom. The van der Waals surface area contributed by atoms with E-state index >= 15 is 0 Å². The van der Waals surface area contributed by atoms with Crippen LogP contribution in [0.1, 0.15) is 89.9 Å².